The van der Waals surface area contributed by atoms with Gasteiger partial charge in [-0.2, -0.15) is 0 Å². The van der Waals surface area contributed by atoms with Crippen molar-refractivity contribution >= 4 is 28.2 Å². The molecule has 0 aliphatic rings. The first-order chi connectivity index (χ1) is 12.5. The van der Waals surface area contributed by atoms with Gasteiger partial charge in [0.2, 0.25) is 0 Å². The summed E-state index contributed by atoms with van der Waals surface area (Å²) in [4.78, 5) is 21.6. The van der Waals surface area contributed by atoms with Gasteiger partial charge < -0.3 is 5.32 Å². The van der Waals surface area contributed by atoms with E-state index in [1.807, 2.05) is 43.3 Å². The molecule has 0 saturated carbocycles. The smallest absolute Gasteiger partial charge is 0.308 e. The minimum Gasteiger partial charge on any atom is -0.308 e. The van der Waals surface area contributed by atoms with Crippen molar-refractivity contribution in [3.63, 3.8) is 0 Å². The van der Waals surface area contributed by atoms with Crippen molar-refractivity contribution in [2.75, 3.05) is 10.6 Å². The van der Waals surface area contributed by atoms with E-state index in [0.29, 0.717) is 11.0 Å². The summed E-state index contributed by atoms with van der Waals surface area (Å²) in [6, 6.07) is 11.6. The van der Waals surface area contributed by atoms with Crippen LogP contribution in [0.1, 0.15) is 25.1 Å². The molecule has 26 heavy (non-hydrogen) atoms. The Morgan fingerprint density at radius 1 is 1.12 bits per heavy atom. The van der Waals surface area contributed by atoms with Gasteiger partial charge in [0.15, 0.2) is 5.13 Å². The molecule has 0 atom stereocenters. The van der Waals surface area contributed by atoms with Crippen molar-refractivity contribution in [2.45, 2.75) is 27.2 Å². The van der Waals surface area contributed by atoms with Gasteiger partial charge in [-0.05, 0) is 54.7 Å². The molecule has 0 spiro atoms. The molecule has 0 aliphatic heterocycles. The number of aromatic nitrogens is 2. The van der Waals surface area contributed by atoms with E-state index >= 15 is 0 Å². The Bertz CT molecular complexity index is 887. The average molecular weight is 366 g/mol. The number of hydrogen-bond acceptors (Lipinski definition) is 4. The van der Waals surface area contributed by atoms with Crippen LogP contribution in [0.2, 0.25) is 0 Å². The third-order valence-corrected chi connectivity index (χ3v) is 4.72. The predicted octanol–water partition coefficient (Wildman–Crippen LogP) is 5.36. The highest BCUT2D eigenvalue weighted by Gasteiger charge is 2.09. The summed E-state index contributed by atoms with van der Waals surface area (Å²) >= 11 is 1.43. The molecule has 2 amide bonds. The molecule has 1 aromatic carbocycles. The van der Waals surface area contributed by atoms with Crippen molar-refractivity contribution < 1.29 is 4.79 Å². The lowest BCUT2D eigenvalue weighted by Crippen LogP contribution is -2.19. The number of hydrogen-bond donors (Lipinski definition) is 2. The fraction of sp³-hybridized carbons (Fsp3) is 0.250. The van der Waals surface area contributed by atoms with Crippen molar-refractivity contribution in [2.24, 2.45) is 5.92 Å². The summed E-state index contributed by atoms with van der Waals surface area (Å²) in [6.07, 6.45) is 4.56. The van der Waals surface area contributed by atoms with E-state index < -0.39 is 0 Å². The zero-order valence-electron chi connectivity index (χ0n) is 15.1. The maximum atomic E-state index is 12.2. The summed E-state index contributed by atoms with van der Waals surface area (Å²) in [5, 5.41) is 6.18. The van der Waals surface area contributed by atoms with Crippen molar-refractivity contribution in [3.8, 4) is 10.4 Å². The van der Waals surface area contributed by atoms with Crippen molar-refractivity contribution in [1.29, 1.82) is 0 Å². The number of anilines is 2. The number of nitrogens with zero attached hydrogens (tertiary/aromatic N) is 2. The van der Waals surface area contributed by atoms with Crippen LogP contribution >= 0.6 is 11.3 Å². The van der Waals surface area contributed by atoms with E-state index in [9.17, 15) is 4.79 Å². The minimum atomic E-state index is -0.298. The van der Waals surface area contributed by atoms with Gasteiger partial charge in [-0.25, -0.2) is 9.78 Å². The third kappa shape index (κ3) is 4.89. The second-order valence-corrected chi connectivity index (χ2v) is 7.62. The maximum absolute atomic E-state index is 12.2. The Kier molecular flexibility index (Phi) is 5.63. The standard InChI is InChI=1S/C20H22N4OS/c1-13(2)10-15-4-6-17(7-5-15)23-19(25)24-20-22-12-18(26-20)16-8-9-21-14(3)11-16/h4-9,11-13H,10H2,1-3H3,(H2,22,23,24,25). The number of rotatable bonds is 5. The summed E-state index contributed by atoms with van der Waals surface area (Å²) in [6.45, 7) is 6.33. The van der Waals surface area contributed by atoms with Gasteiger partial charge in [-0.3, -0.25) is 10.3 Å². The first kappa shape index (κ1) is 18.1. The second kappa shape index (κ2) is 8.10. The lowest BCUT2D eigenvalue weighted by molar-refractivity contribution is 0.262. The lowest BCUT2D eigenvalue weighted by atomic mass is 10.0. The highest BCUT2D eigenvalue weighted by Crippen LogP contribution is 2.29. The number of carbonyl (C=O) groups excluding carboxylic acids is 1. The van der Waals surface area contributed by atoms with Gasteiger partial charge in [0.1, 0.15) is 0 Å². The highest BCUT2D eigenvalue weighted by molar-refractivity contribution is 7.19. The van der Waals surface area contributed by atoms with Crippen LogP contribution in [-0.4, -0.2) is 16.0 Å². The number of nitrogens with one attached hydrogen (secondary N) is 2. The number of pyridine rings is 1. The number of urea groups is 1. The molecule has 0 radical (unpaired) electrons. The van der Waals surface area contributed by atoms with Crippen LogP contribution in [0.3, 0.4) is 0 Å². The molecule has 0 fully saturated rings. The molecule has 134 valence electrons. The topological polar surface area (TPSA) is 66.9 Å². The van der Waals surface area contributed by atoms with Crippen LogP contribution in [0, 0.1) is 12.8 Å². The summed E-state index contributed by atoms with van der Waals surface area (Å²) < 4.78 is 0. The Labute approximate surface area is 157 Å². The first-order valence-electron chi connectivity index (χ1n) is 8.55. The Hall–Kier alpha value is -2.73. The van der Waals surface area contributed by atoms with Crippen LogP contribution in [0.4, 0.5) is 15.6 Å². The zero-order valence-corrected chi connectivity index (χ0v) is 15.9. The SMILES string of the molecule is Cc1cc(-c2cnc(NC(=O)Nc3ccc(CC(C)C)cc3)s2)ccn1. The molecular formula is C20H22N4OS. The maximum Gasteiger partial charge on any atom is 0.325 e. The van der Waals surface area contributed by atoms with E-state index in [1.165, 1.54) is 16.9 Å². The zero-order chi connectivity index (χ0) is 18.5. The van der Waals surface area contributed by atoms with Gasteiger partial charge >= 0.3 is 6.03 Å². The quantitative estimate of drug-likeness (QED) is 0.639. The van der Waals surface area contributed by atoms with E-state index in [1.54, 1.807) is 12.4 Å². The van der Waals surface area contributed by atoms with Gasteiger partial charge in [0.05, 0.1) is 4.88 Å². The normalized spacial score (nSPS) is 10.8. The molecule has 3 rings (SSSR count). The number of thiazole rings is 1. The average Bonchev–Trinajstić information content (AvgIpc) is 3.04. The van der Waals surface area contributed by atoms with Crippen LogP contribution in [-0.2, 0) is 6.42 Å². The van der Waals surface area contributed by atoms with Gasteiger partial charge in [0, 0.05) is 23.8 Å². The molecule has 2 heterocycles. The van der Waals surface area contributed by atoms with Gasteiger partial charge in [-0.15, -0.1) is 0 Å². The predicted molar refractivity (Wildman–Crippen MR) is 108 cm³/mol. The largest absolute Gasteiger partial charge is 0.325 e. The van der Waals surface area contributed by atoms with Crippen molar-refractivity contribution in [1.82, 2.24) is 9.97 Å². The molecule has 6 heteroatoms. The lowest BCUT2D eigenvalue weighted by Gasteiger charge is -2.08. The van der Waals surface area contributed by atoms with Gasteiger partial charge in [0.25, 0.3) is 0 Å². The van der Waals surface area contributed by atoms with E-state index in [4.69, 9.17) is 0 Å². The molecular weight excluding hydrogens is 344 g/mol. The van der Waals surface area contributed by atoms with Crippen LogP contribution < -0.4 is 10.6 Å². The fourth-order valence-electron chi connectivity index (χ4n) is 2.62. The van der Waals surface area contributed by atoms with Crippen LogP contribution in [0.25, 0.3) is 10.4 Å². The second-order valence-electron chi connectivity index (χ2n) is 6.59. The Morgan fingerprint density at radius 3 is 2.58 bits per heavy atom. The molecule has 0 bridgehead atoms. The van der Waals surface area contributed by atoms with E-state index in [-0.39, 0.29) is 6.03 Å². The Morgan fingerprint density at radius 2 is 1.88 bits per heavy atom. The third-order valence-electron chi connectivity index (χ3n) is 3.76. The monoisotopic (exact) mass is 366 g/mol. The highest BCUT2D eigenvalue weighted by atomic mass is 32.1. The first-order valence-corrected chi connectivity index (χ1v) is 9.37. The summed E-state index contributed by atoms with van der Waals surface area (Å²) in [5.41, 5.74) is 4.02. The molecule has 0 aliphatic carbocycles. The number of benzene rings is 1. The van der Waals surface area contributed by atoms with Crippen LogP contribution in [0.15, 0.2) is 48.8 Å². The molecule has 2 aromatic heterocycles. The molecule has 0 saturated heterocycles. The molecule has 0 unspecified atom stereocenters. The number of amides is 2. The van der Waals surface area contributed by atoms with E-state index in [2.05, 4.69) is 34.4 Å². The van der Waals surface area contributed by atoms with Crippen molar-refractivity contribution in [3.05, 3.63) is 60.0 Å². The Balaban J connectivity index is 1.60. The summed E-state index contributed by atoms with van der Waals surface area (Å²) in [7, 11) is 0. The fourth-order valence-corrected chi connectivity index (χ4v) is 3.43. The number of carbonyl (C=O) groups is 1. The molecule has 2 N–H and O–H groups in total. The van der Waals surface area contributed by atoms with Gasteiger partial charge in [-0.1, -0.05) is 37.3 Å². The molecule has 3 aromatic rings. The van der Waals surface area contributed by atoms with E-state index in [0.717, 1.165) is 28.2 Å². The minimum absolute atomic E-state index is 0.298. The van der Waals surface area contributed by atoms with Crippen LogP contribution in [0.5, 0.6) is 0 Å². The summed E-state index contributed by atoms with van der Waals surface area (Å²) in [5.74, 6) is 0.611. The molecule has 5 nitrogen and oxygen atoms in total. The number of aryl methyl sites for hydroxylation is 1.